The zero-order valence-corrected chi connectivity index (χ0v) is 9.22. The van der Waals surface area contributed by atoms with Crippen LogP contribution < -0.4 is 9.47 Å². The predicted molar refractivity (Wildman–Crippen MR) is 57.5 cm³/mol. The third-order valence-electron chi connectivity index (χ3n) is 1.66. The van der Waals surface area contributed by atoms with Crippen molar-refractivity contribution in [2.24, 2.45) is 0 Å². The summed E-state index contributed by atoms with van der Waals surface area (Å²) in [6, 6.07) is 5.60. The van der Waals surface area contributed by atoms with E-state index in [9.17, 15) is 0 Å². The van der Waals surface area contributed by atoms with Crippen LogP contribution >= 0.6 is 15.9 Å². The highest BCUT2D eigenvalue weighted by molar-refractivity contribution is 9.15. The van der Waals surface area contributed by atoms with Crippen molar-refractivity contribution in [3.63, 3.8) is 0 Å². The van der Waals surface area contributed by atoms with Gasteiger partial charge in [-0.15, -0.1) is 0 Å². The van der Waals surface area contributed by atoms with E-state index in [-0.39, 0.29) is 0 Å². The third kappa shape index (κ3) is 2.49. The molecular weight excluding hydrogens is 232 g/mol. The molecule has 1 aromatic rings. The summed E-state index contributed by atoms with van der Waals surface area (Å²) in [6.07, 6.45) is 0. The van der Waals surface area contributed by atoms with Crippen molar-refractivity contribution < 1.29 is 9.47 Å². The minimum atomic E-state index is 0.759. The minimum Gasteiger partial charge on any atom is -0.497 e. The molecule has 0 fully saturated rings. The van der Waals surface area contributed by atoms with Crippen LogP contribution in [0.15, 0.2) is 24.8 Å². The second-order valence-corrected chi connectivity index (χ2v) is 3.46. The van der Waals surface area contributed by atoms with Crippen LogP contribution in [-0.2, 0) is 0 Å². The SMILES string of the molecule is C=C(Br)c1cc(OC)cc(OC)c1. The molecule has 0 aliphatic heterocycles. The Hall–Kier alpha value is -0.960. The first-order valence-electron chi connectivity index (χ1n) is 3.75. The van der Waals surface area contributed by atoms with Gasteiger partial charge in [-0.1, -0.05) is 22.5 Å². The van der Waals surface area contributed by atoms with E-state index in [1.807, 2.05) is 18.2 Å². The summed E-state index contributed by atoms with van der Waals surface area (Å²) >= 11 is 3.30. The summed E-state index contributed by atoms with van der Waals surface area (Å²) in [7, 11) is 3.24. The first kappa shape index (κ1) is 10.1. The average Bonchev–Trinajstić information content (AvgIpc) is 2.16. The predicted octanol–water partition coefficient (Wildman–Crippen LogP) is 3.07. The fraction of sp³-hybridized carbons (Fsp3) is 0.200. The molecule has 1 rings (SSSR count). The molecule has 0 radical (unpaired) electrons. The Morgan fingerprint density at radius 3 is 1.92 bits per heavy atom. The summed E-state index contributed by atoms with van der Waals surface area (Å²) < 4.78 is 11.0. The van der Waals surface area contributed by atoms with Crippen molar-refractivity contribution in [1.82, 2.24) is 0 Å². The van der Waals surface area contributed by atoms with Crippen molar-refractivity contribution >= 4 is 20.4 Å². The van der Waals surface area contributed by atoms with Crippen molar-refractivity contribution in [3.05, 3.63) is 30.3 Å². The van der Waals surface area contributed by atoms with Gasteiger partial charge in [-0.05, 0) is 17.7 Å². The maximum atomic E-state index is 5.11. The van der Waals surface area contributed by atoms with E-state index in [0.29, 0.717) is 0 Å². The molecule has 0 N–H and O–H groups in total. The number of benzene rings is 1. The molecule has 1 aromatic carbocycles. The Morgan fingerprint density at radius 1 is 1.15 bits per heavy atom. The fourth-order valence-corrected chi connectivity index (χ4v) is 1.19. The molecule has 2 nitrogen and oxygen atoms in total. The Balaban J connectivity index is 3.14. The second-order valence-electron chi connectivity index (χ2n) is 2.51. The first-order valence-corrected chi connectivity index (χ1v) is 4.54. The Bertz CT molecular complexity index is 298. The molecule has 0 unspecified atom stereocenters. The molecular formula is C10H11BrO2. The third-order valence-corrected chi connectivity index (χ3v) is 2.12. The van der Waals surface area contributed by atoms with E-state index in [4.69, 9.17) is 9.47 Å². The Morgan fingerprint density at radius 2 is 1.62 bits per heavy atom. The average molecular weight is 243 g/mol. The molecule has 0 aliphatic rings. The molecule has 3 heteroatoms. The second kappa shape index (κ2) is 4.33. The standard InChI is InChI=1S/C10H11BrO2/c1-7(11)8-4-9(12-2)6-10(5-8)13-3/h4-6H,1H2,2-3H3. The van der Waals surface area contributed by atoms with Gasteiger partial charge in [-0.3, -0.25) is 0 Å². The highest BCUT2D eigenvalue weighted by Gasteiger charge is 2.02. The van der Waals surface area contributed by atoms with Crippen LogP contribution in [0.3, 0.4) is 0 Å². The van der Waals surface area contributed by atoms with Gasteiger partial charge >= 0.3 is 0 Å². The largest absolute Gasteiger partial charge is 0.497 e. The highest BCUT2D eigenvalue weighted by atomic mass is 79.9. The topological polar surface area (TPSA) is 18.5 Å². The molecule has 0 aliphatic carbocycles. The maximum Gasteiger partial charge on any atom is 0.123 e. The van der Waals surface area contributed by atoms with Crippen LogP contribution in [0, 0.1) is 0 Å². The van der Waals surface area contributed by atoms with Gasteiger partial charge in [0.15, 0.2) is 0 Å². The highest BCUT2D eigenvalue weighted by Crippen LogP contribution is 2.28. The molecule has 0 saturated heterocycles. The van der Waals surface area contributed by atoms with Crippen molar-refractivity contribution in [3.8, 4) is 11.5 Å². The summed E-state index contributed by atoms with van der Waals surface area (Å²) in [4.78, 5) is 0. The number of rotatable bonds is 3. The lowest BCUT2D eigenvalue weighted by molar-refractivity contribution is 0.394. The summed E-state index contributed by atoms with van der Waals surface area (Å²) in [6.45, 7) is 3.78. The molecule has 13 heavy (non-hydrogen) atoms. The van der Waals surface area contributed by atoms with E-state index in [0.717, 1.165) is 21.5 Å². The molecule has 0 heterocycles. The van der Waals surface area contributed by atoms with E-state index in [2.05, 4.69) is 22.5 Å². The zero-order valence-electron chi connectivity index (χ0n) is 7.63. The lowest BCUT2D eigenvalue weighted by Crippen LogP contribution is -1.88. The fourth-order valence-electron chi connectivity index (χ4n) is 0.964. The molecule has 0 saturated carbocycles. The molecule has 0 aromatic heterocycles. The minimum absolute atomic E-state index is 0.759. The summed E-state index contributed by atoms with van der Waals surface area (Å²) in [5.41, 5.74) is 0.955. The van der Waals surface area contributed by atoms with E-state index in [1.165, 1.54) is 0 Å². The Labute approximate surface area is 86.3 Å². The van der Waals surface area contributed by atoms with Gasteiger partial charge in [-0.2, -0.15) is 0 Å². The van der Waals surface area contributed by atoms with Gasteiger partial charge in [0.2, 0.25) is 0 Å². The number of ether oxygens (including phenoxy) is 2. The number of hydrogen-bond acceptors (Lipinski definition) is 2. The van der Waals surface area contributed by atoms with Gasteiger partial charge in [0.25, 0.3) is 0 Å². The quantitative estimate of drug-likeness (QED) is 0.812. The van der Waals surface area contributed by atoms with Crippen LogP contribution in [-0.4, -0.2) is 14.2 Å². The van der Waals surface area contributed by atoms with E-state index in [1.54, 1.807) is 14.2 Å². The van der Waals surface area contributed by atoms with Crippen LogP contribution in [0.5, 0.6) is 11.5 Å². The summed E-state index contributed by atoms with van der Waals surface area (Å²) in [5.74, 6) is 1.52. The van der Waals surface area contributed by atoms with E-state index >= 15 is 0 Å². The van der Waals surface area contributed by atoms with Gasteiger partial charge in [0.05, 0.1) is 14.2 Å². The molecule has 0 amide bonds. The molecule has 0 spiro atoms. The van der Waals surface area contributed by atoms with Crippen molar-refractivity contribution in [2.75, 3.05) is 14.2 Å². The zero-order chi connectivity index (χ0) is 9.84. The van der Waals surface area contributed by atoms with Crippen LogP contribution in [0.25, 0.3) is 4.48 Å². The smallest absolute Gasteiger partial charge is 0.123 e. The normalized spacial score (nSPS) is 9.46. The van der Waals surface area contributed by atoms with Crippen molar-refractivity contribution in [1.29, 1.82) is 0 Å². The monoisotopic (exact) mass is 242 g/mol. The number of hydrogen-bond donors (Lipinski definition) is 0. The molecule has 0 atom stereocenters. The van der Waals surface area contributed by atoms with Crippen LogP contribution in [0.1, 0.15) is 5.56 Å². The Kier molecular flexibility index (Phi) is 3.37. The van der Waals surface area contributed by atoms with Gasteiger partial charge in [-0.25, -0.2) is 0 Å². The van der Waals surface area contributed by atoms with Crippen LogP contribution in [0.4, 0.5) is 0 Å². The molecule has 0 bridgehead atoms. The number of halogens is 1. The first-order chi connectivity index (χ1) is 6.17. The lowest BCUT2D eigenvalue weighted by Gasteiger charge is -2.06. The van der Waals surface area contributed by atoms with Crippen molar-refractivity contribution in [2.45, 2.75) is 0 Å². The number of methoxy groups -OCH3 is 2. The maximum absolute atomic E-state index is 5.11. The van der Waals surface area contributed by atoms with Gasteiger partial charge in [0.1, 0.15) is 11.5 Å². The molecule has 70 valence electrons. The van der Waals surface area contributed by atoms with Gasteiger partial charge in [0, 0.05) is 10.5 Å². The van der Waals surface area contributed by atoms with E-state index < -0.39 is 0 Å². The van der Waals surface area contributed by atoms with Gasteiger partial charge < -0.3 is 9.47 Å². The summed E-state index contributed by atoms with van der Waals surface area (Å²) in [5, 5.41) is 0. The van der Waals surface area contributed by atoms with Crippen LogP contribution in [0.2, 0.25) is 0 Å². The lowest BCUT2D eigenvalue weighted by atomic mass is 10.2.